The second-order valence-corrected chi connectivity index (χ2v) is 8.52. The Morgan fingerprint density at radius 1 is 0.875 bits per heavy atom. The minimum absolute atomic E-state index is 0.202. The molecular weight excluding hydrogens is 410 g/mol. The van der Waals surface area contributed by atoms with Crippen molar-refractivity contribution < 1.29 is 23.9 Å². The molecule has 0 spiro atoms. The second-order valence-electron chi connectivity index (χ2n) is 8.52. The summed E-state index contributed by atoms with van der Waals surface area (Å²) in [5, 5.41) is 2.82. The number of carbonyl (C=O) groups is 3. The molecule has 1 fully saturated rings. The van der Waals surface area contributed by atoms with Crippen molar-refractivity contribution in [2.24, 2.45) is 0 Å². The molecule has 2 aromatic rings. The fraction of sp³-hybridized carbons (Fsp3) is 0.375. The van der Waals surface area contributed by atoms with Gasteiger partial charge < -0.3 is 24.6 Å². The molecule has 0 unspecified atom stereocenters. The number of amides is 3. The maximum Gasteiger partial charge on any atom is 0.410 e. The maximum absolute atomic E-state index is 12.5. The normalized spacial score (nSPS) is 14.0. The van der Waals surface area contributed by atoms with Gasteiger partial charge in [0.25, 0.3) is 0 Å². The van der Waals surface area contributed by atoms with Crippen LogP contribution >= 0.6 is 0 Å². The van der Waals surface area contributed by atoms with E-state index in [1.165, 1.54) is 0 Å². The van der Waals surface area contributed by atoms with Gasteiger partial charge in [-0.15, -0.1) is 0 Å². The first-order chi connectivity index (χ1) is 15.2. The number of piperazine rings is 1. The van der Waals surface area contributed by atoms with Crippen molar-refractivity contribution >= 4 is 23.8 Å². The molecule has 8 nitrogen and oxygen atoms in total. The third kappa shape index (κ3) is 6.73. The topological polar surface area (TPSA) is 88.2 Å². The number of rotatable bonds is 4. The molecule has 0 aromatic heterocycles. The number of nitrogens with one attached hydrogen (secondary N) is 1. The molecule has 2 aromatic carbocycles. The summed E-state index contributed by atoms with van der Waals surface area (Å²) in [6.07, 6.45) is -0.368. The zero-order chi connectivity index (χ0) is 23.1. The number of nitrogens with zero attached hydrogens (tertiary/aromatic N) is 2. The molecule has 1 N–H and O–H groups in total. The Morgan fingerprint density at radius 2 is 1.47 bits per heavy atom. The number of urea groups is 1. The third-order valence-electron chi connectivity index (χ3n) is 4.80. The first-order valence-corrected chi connectivity index (χ1v) is 10.6. The highest BCUT2D eigenvalue weighted by Gasteiger charge is 2.27. The largest absolute Gasteiger partial charge is 0.457 e. The summed E-state index contributed by atoms with van der Waals surface area (Å²) >= 11 is 0. The summed E-state index contributed by atoms with van der Waals surface area (Å²) in [6, 6.07) is 15.7. The zero-order valence-electron chi connectivity index (χ0n) is 18.7. The number of carbonyl (C=O) groups excluding carboxylic acids is 3. The van der Waals surface area contributed by atoms with E-state index in [9.17, 15) is 14.4 Å². The highest BCUT2D eigenvalue weighted by Crippen LogP contribution is 2.15. The van der Waals surface area contributed by atoms with Gasteiger partial charge in [0.05, 0.1) is 5.56 Å². The van der Waals surface area contributed by atoms with Gasteiger partial charge in [0.2, 0.25) is 0 Å². The van der Waals surface area contributed by atoms with Crippen molar-refractivity contribution in [1.82, 2.24) is 9.80 Å². The van der Waals surface area contributed by atoms with Gasteiger partial charge in [-0.05, 0) is 50.6 Å². The Balaban J connectivity index is 1.45. The summed E-state index contributed by atoms with van der Waals surface area (Å²) in [4.78, 5) is 40.1. The molecule has 1 aliphatic heterocycles. The lowest BCUT2D eigenvalue weighted by Gasteiger charge is -2.35. The zero-order valence-corrected chi connectivity index (χ0v) is 18.7. The van der Waals surface area contributed by atoms with E-state index in [0.717, 1.165) is 5.56 Å². The van der Waals surface area contributed by atoms with Crippen LogP contribution in [0.2, 0.25) is 0 Å². The highest BCUT2D eigenvalue weighted by molar-refractivity contribution is 5.92. The Morgan fingerprint density at radius 3 is 2.06 bits per heavy atom. The van der Waals surface area contributed by atoms with Crippen LogP contribution in [0.25, 0.3) is 0 Å². The molecule has 0 bridgehead atoms. The average molecular weight is 440 g/mol. The van der Waals surface area contributed by atoms with Gasteiger partial charge in [-0.25, -0.2) is 14.4 Å². The van der Waals surface area contributed by atoms with Crippen LogP contribution in [0.3, 0.4) is 0 Å². The van der Waals surface area contributed by atoms with E-state index in [4.69, 9.17) is 9.47 Å². The number of ether oxygens (including phenoxy) is 2. The van der Waals surface area contributed by atoms with Crippen LogP contribution < -0.4 is 5.32 Å². The first kappa shape index (κ1) is 23.1. The van der Waals surface area contributed by atoms with E-state index in [2.05, 4.69) is 5.32 Å². The van der Waals surface area contributed by atoms with Crippen LogP contribution in [0.5, 0.6) is 0 Å². The second kappa shape index (κ2) is 10.2. The van der Waals surface area contributed by atoms with Gasteiger partial charge in [0.15, 0.2) is 0 Å². The monoisotopic (exact) mass is 439 g/mol. The van der Waals surface area contributed by atoms with E-state index < -0.39 is 11.6 Å². The van der Waals surface area contributed by atoms with Crippen LogP contribution in [0.15, 0.2) is 54.6 Å². The number of benzene rings is 2. The number of hydrogen-bond donors (Lipinski definition) is 1. The van der Waals surface area contributed by atoms with E-state index >= 15 is 0 Å². The standard InChI is InChI=1S/C24H29N3O5/c1-24(2,3)32-23(30)27-15-13-26(14-16-27)22(29)25-20-11-9-19(10-12-20)21(28)31-17-18-7-5-4-6-8-18/h4-12H,13-17H2,1-3H3,(H,25,29). The van der Waals surface area contributed by atoms with Crippen LogP contribution in [0.1, 0.15) is 36.7 Å². The number of esters is 1. The Bertz CT molecular complexity index is 930. The van der Waals surface area contributed by atoms with Gasteiger partial charge >= 0.3 is 18.1 Å². The van der Waals surface area contributed by atoms with Gasteiger partial charge in [0.1, 0.15) is 12.2 Å². The highest BCUT2D eigenvalue weighted by atomic mass is 16.6. The van der Waals surface area contributed by atoms with Crippen molar-refractivity contribution in [3.05, 3.63) is 65.7 Å². The van der Waals surface area contributed by atoms with Gasteiger partial charge in [-0.1, -0.05) is 30.3 Å². The molecule has 0 aliphatic carbocycles. The minimum Gasteiger partial charge on any atom is -0.457 e. The maximum atomic E-state index is 12.5. The fourth-order valence-electron chi connectivity index (χ4n) is 3.12. The smallest absolute Gasteiger partial charge is 0.410 e. The van der Waals surface area contributed by atoms with E-state index in [-0.39, 0.29) is 18.7 Å². The quantitative estimate of drug-likeness (QED) is 0.724. The van der Waals surface area contributed by atoms with Crippen molar-refractivity contribution in [3.8, 4) is 0 Å². The minimum atomic E-state index is -0.550. The van der Waals surface area contributed by atoms with Crippen molar-refractivity contribution in [1.29, 1.82) is 0 Å². The van der Waals surface area contributed by atoms with Gasteiger partial charge in [-0.2, -0.15) is 0 Å². The molecule has 8 heteroatoms. The van der Waals surface area contributed by atoms with E-state index in [0.29, 0.717) is 37.4 Å². The van der Waals surface area contributed by atoms with Gasteiger partial charge in [0, 0.05) is 31.9 Å². The predicted molar refractivity (Wildman–Crippen MR) is 120 cm³/mol. The fourth-order valence-corrected chi connectivity index (χ4v) is 3.12. The molecule has 32 heavy (non-hydrogen) atoms. The lowest BCUT2D eigenvalue weighted by molar-refractivity contribution is 0.0174. The molecule has 1 aliphatic rings. The molecule has 170 valence electrons. The first-order valence-electron chi connectivity index (χ1n) is 10.6. The Labute approximate surface area is 188 Å². The Kier molecular flexibility index (Phi) is 7.35. The van der Waals surface area contributed by atoms with Crippen LogP contribution in [-0.4, -0.2) is 59.7 Å². The van der Waals surface area contributed by atoms with Crippen LogP contribution in [-0.2, 0) is 16.1 Å². The third-order valence-corrected chi connectivity index (χ3v) is 4.80. The summed E-state index contributed by atoms with van der Waals surface area (Å²) in [7, 11) is 0. The van der Waals surface area contributed by atoms with Crippen LogP contribution in [0, 0.1) is 0 Å². The Hall–Kier alpha value is -3.55. The summed E-state index contributed by atoms with van der Waals surface area (Å²) in [5.41, 5.74) is 1.34. The molecule has 0 radical (unpaired) electrons. The van der Waals surface area contributed by atoms with Gasteiger partial charge in [-0.3, -0.25) is 0 Å². The number of anilines is 1. The lowest BCUT2D eigenvalue weighted by atomic mass is 10.2. The van der Waals surface area contributed by atoms with Crippen LogP contribution in [0.4, 0.5) is 15.3 Å². The molecule has 0 saturated carbocycles. The summed E-state index contributed by atoms with van der Waals surface area (Å²) < 4.78 is 10.7. The summed E-state index contributed by atoms with van der Waals surface area (Å²) in [5.74, 6) is -0.426. The molecule has 3 rings (SSSR count). The van der Waals surface area contributed by atoms with E-state index in [1.807, 2.05) is 51.1 Å². The molecule has 3 amide bonds. The van der Waals surface area contributed by atoms with Crippen molar-refractivity contribution in [2.75, 3.05) is 31.5 Å². The van der Waals surface area contributed by atoms with Crippen molar-refractivity contribution in [3.63, 3.8) is 0 Å². The van der Waals surface area contributed by atoms with E-state index in [1.54, 1.807) is 34.1 Å². The average Bonchev–Trinajstić information content (AvgIpc) is 2.77. The van der Waals surface area contributed by atoms with Crippen molar-refractivity contribution in [2.45, 2.75) is 33.0 Å². The molecule has 1 saturated heterocycles. The number of hydrogen-bond acceptors (Lipinski definition) is 5. The summed E-state index contributed by atoms with van der Waals surface area (Å²) in [6.45, 7) is 7.31. The SMILES string of the molecule is CC(C)(C)OC(=O)N1CCN(C(=O)Nc2ccc(C(=O)OCc3ccccc3)cc2)CC1. The predicted octanol–water partition coefficient (Wildman–Crippen LogP) is 4.13. The molecular formula is C24H29N3O5. The molecule has 0 atom stereocenters. The lowest BCUT2D eigenvalue weighted by Crippen LogP contribution is -2.52. The molecule has 1 heterocycles.